The van der Waals surface area contributed by atoms with Gasteiger partial charge in [-0.15, -0.1) is 0 Å². The van der Waals surface area contributed by atoms with Crippen molar-refractivity contribution in [3.8, 4) is 0 Å². The zero-order valence-electron chi connectivity index (χ0n) is 11.7. The summed E-state index contributed by atoms with van der Waals surface area (Å²) in [5, 5.41) is -0.591. The van der Waals surface area contributed by atoms with Crippen LogP contribution >= 0.6 is 0 Å². The van der Waals surface area contributed by atoms with Gasteiger partial charge in [0.2, 0.25) is 0 Å². The fourth-order valence-electron chi connectivity index (χ4n) is 3.15. The highest BCUT2D eigenvalue weighted by molar-refractivity contribution is 7.92. The summed E-state index contributed by atoms with van der Waals surface area (Å²) in [5.74, 6) is -0.618. The molecule has 1 saturated carbocycles. The molecular weight excluding hydrogens is 281 g/mol. The van der Waals surface area contributed by atoms with Crippen molar-refractivity contribution in [1.29, 1.82) is 0 Å². The average molecular weight is 301 g/mol. The highest BCUT2D eigenvalue weighted by Crippen LogP contribution is 2.62. The molecule has 1 fully saturated rings. The van der Waals surface area contributed by atoms with Gasteiger partial charge in [-0.05, 0) is 17.7 Å². The predicted molar refractivity (Wildman–Crippen MR) is 75.8 cm³/mol. The van der Waals surface area contributed by atoms with E-state index >= 15 is 0 Å². The Labute approximate surface area is 119 Å². The van der Waals surface area contributed by atoms with Gasteiger partial charge in [0.1, 0.15) is 5.82 Å². The zero-order valence-corrected chi connectivity index (χ0v) is 12.5. The maximum atomic E-state index is 13.4. The van der Waals surface area contributed by atoms with E-state index in [0.717, 1.165) is 0 Å². The van der Waals surface area contributed by atoms with Crippen LogP contribution in [0.2, 0.25) is 0 Å². The molecule has 6 heteroatoms. The lowest BCUT2D eigenvalue weighted by molar-refractivity contribution is 0.142. The molecule has 3 atom stereocenters. The summed E-state index contributed by atoms with van der Waals surface area (Å²) >= 11 is 0. The summed E-state index contributed by atoms with van der Waals surface area (Å²) in [6, 6.07) is 6.07. The quantitative estimate of drug-likeness (QED) is 0.860. The van der Waals surface area contributed by atoms with Crippen LogP contribution in [0.25, 0.3) is 0 Å². The lowest BCUT2D eigenvalue weighted by atomic mass is 10.00. The smallest absolute Gasteiger partial charge is 0.154 e. The second-order valence-corrected chi connectivity index (χ2v) is 7.69. The first kappa shape index (κ1) is 15.4. The number of ether oxygens (including phenoxy) is 1. The Morgan fingerprint density at radius 2 is 2.15 bits per heavy atom. The van der Waals surface area contributed by atoms with Crippen molar-refractivity contribution >= 4 is 9.84 Å². The molecule has 0 amide bonds. The van der Waals surface area contributed by atoms with Crippen molar-refractivity contribution in [2.24, 2.45) is 11.1 Å². The molecule has 1 aliphatic rings. The van der Waals surface area contributed by atoms with Crippen molar-refractivity contribution in [2.75, 3.05) is 26.0 Å². The molecular formula is C14H20FNO3S. The van der Waals surface area contributed by atoms with E-state index in [4.69, 9.17) is 10.5 Å². The number of benzene rings is 1. The van der Waals surface area contributed by atoms with Crippen LogP contribution < -0.4 is 5.73 Å². The first-order valence-electron chi connectivity index (χ1n) is 6.59. The molecule has 0 aliphatic heterocycles. The first-order chi connectivity index (χ1) is 9.43. The van der Waals surface area contributed by atoms with Gasteiger partial charge in [0.25, 0.3) is 0 Å². The van der Waals surface area contributed by atoms with Gasteiger partial charge in [-0.1, -0.05) is 19.1 Å². The van der Waals surface area contributed by atoms with E-state index in [2.05, 4.69) is 0 Å². The van der Waals surface area contributed by atoms with Crippen LogP contribution in [-0.2, 0) is 14.6 Å². The van der Waals surface area contributed by atoms with E-state index in [9.17, 15) is 12.8 Å². The summed E-state index contributed by atoms with van der Waals surface area (Å²) in [6.07, 6.45) is 0. The van der Waals surface area contributed by atoms with Crippen LogP contribution in [0.5, 0.6) is 0 Å². The minimum Gasteiger partial charge on any atom is -0.384 e. The van der Waals surface area contributed by atoms with E-state index < -0.39 is 20.5 Å². The van der Waals surface area contributed by atoms with Gasteiger partial charge in [-0.2, -0.15) is 0 Å². The third-order valence-corrected chi connectivity index (χ3v) is 6.49. The number of nitrogens with two attached hydrogens (primary N) is 1. The van der Waals surface area contributed by atoms with Crippen molar-refractivity contribution in [1.82, 2.24) is 0 Å². The number of hydrogen-bond acceptors (Lipinski definition) is 4. The van der Waals surface area contributed by atoms with E-state index in [1.54, 1.807) is 19.1 Å². The highest BCUT2D eigenvalue weighted by atomic mass is 32.2. The number of hydrogen-bond donors (Lipinski definition) is 1. The third-order valence-electron chi connectivity index (χ3n) is 4.17. The topological polar surface area (TPSA) is 69.4 Å². The third kappa shape index (κ3) is 2.36. The molecule has 1 aliphatic carbocycles. The number of halogens is 1. The molecule has 1 aromatic rings. The van der Waals surface area contributed by atoms with Crippen molar-refractivity contribution < 1.29 is 17.5 Å². The summed E-state index contributed by atoms with van der Waals surface area (Å²) in [6.45, 7) is 2.07. The van der Waals surface area contributed by atoms with E-state index in [1.807, 2.05) is 0 Å². The van der Waals surface area contributed by atoms with Gasteiger partial charge < -0.3 is 10.5 Å². The average Bonchev–Trinajstić information content (AvgIpc) is 3.09. The van der Waals surface area contributed by atoms with E-state index in [1.165, 1.54) is 19.2 Å². The molecule has 4 nitrogen and oxygen atoms in total. The lowest BCUT2D eigenvalue weighted by Gasteiger charge is -2.14. The van der Waals surface area contributed by atoms with Gasteiger partial charge in [0.15, 0.2) is 9.84 Å². The molecule has 0 aromatic heterocycles. The molecule has 1 aromatic carbocycles. The molecule has 0 heterocycles. The molecule has 0 radical (unpaired) electrons. The van der Waals surface area contributed by atoms with Gasteiger partial charge in [-0.25, -0.2) is 12.8 Å². The normalized spacial score (nSPS) is 29.4. The minimum atomic E-state index is -3.26. The SMILES string of the molecule is CCS(=O)(=O)[C@H]1[C@H](c2cccc(F)c2)[C@@]1(CN)COC. The van der Waals surface area contributed by atoms with Crippen molar-refractivity contribution in [2.45, 2.75) is 18.1 Å². The Morgan fingerprint density at radius 1 is 1.45 bits per heavy atom. The maximum Gasteiger partial charge on any atom is 0.154 e. The van der Waals surface area contributed by atoms with Gasteiger partial charge in [-0.3, -0.25) is 0 Å². The van der Waals surface area contributed by atoms with Crippen molar-refractivity contribution in [3.63, 3.8) is 0 Å². The van der Waals surface area contributed by atoms with Crippen LogP contribution in [0.4, 0.5) is 4.39 Å². The number of sulfone groups is 1. The summed E-state index contributed by atoms with van der Waals surface area (Å²) < 4.78 is 43.1. The fraction of sp³-hybridized carbons (Fsp3) is 0.571. The largest absolute Gasteiger partial charge is 0.384 e. The molecule has 0 saturated heterocycles. The van der Waals surface area contributed by atoms with Crippen LogP contribution in [-0.4, -0.2) is 39.7 Å². The molecule has 0 bridgehead atoms. The summed E-state index contributed by atoms with van der Waals surface area (Å²) in [4.78, 5) is 0. The maximum absolute atomic E-state index is 13.4. The molecule has 2 rings (SSSR count). The molecule has 0 spiro atoms. The lowest BCUT2D eigenvalue weighted by Crippen LogP contribution is -2.28. The van der Waals surface area contributed by atoms with Gasteiger partial charge in [0, 0.05) is 30.7 Å². The Bertz CT molecular complexity index is 590. The van der Waals surface area contributed by atoms with Crippen LogP contribution in [0.15, 0.2) is 24.3 Å². The first-order valence-corrected chi connectivity index (χ1v) is 8.30. The van der Waals surface area contributed by atoms with Crippen LogP contribution in [0, 0.1) is 11.2 Å². The Hall–Kier alpha value is -0.980. The Morgan fingerprint density at radius 3 is 2.65 bits per heavy atom. The second kappa shape index (κ2) is 5.42. The summed E-state index contributed by atoms with van der Waals surface area (Å²) in [5.41, 5.74) is 5.86. The highest BCUT2D eigenvalue weighted by Gasteiger charge is 2.69. The van der Waals surface area contributed by atoms with Crippen LogP contribution in [0.1, 0.15) is 18.4 Å². The Kier molecular flexibility index (Phi) is 4.18. The molecule has 112 valence electrons. The zero-order chi connectivity index (χ0) is 15.0. The summed E-state index contributed by atoms with van der Waals surface area (Å²) in [7, 11) is -1.74. The fourth-order valence-corrected chi connectivity index (χ4v) is 5.30. The molecule has 20 heavy (non-hydrogen) atoms. The number of rotatable bonds is 6. The van der Waals surface area contributed by atoms with Gasteiger partial charge >= 0.3 is 0 Å². The molecule has 0 unspecified atom stereocenters. The number of methoxy groups -OCH3 is 1. The standard InChI is InChI=1S/C14H20FNO3S/c1-3-20(17,18)13-12(14(13,8-16)9-19-2)10-5-4-6-11(15)7-10/h4-7,12-13H,3,8-9,16H2,1-2H3/t12-,13-,14+/m0/s1. The Balaban J connectivity index is 2.45. The van der Waals surface area contributed by atoms with Crippen molar-refractivity contribution in [3.05, 3.63) is 35.6 Å². The minimum absolute atomic E-state index is 0.0505. The predicted octanol–water partition coefficient (Wildman–Crippen LogP) is 1.32. The monoisotopic (exact) mass is 301 g/mol. The second-order valence-electron chi connectivity index (χ2n) is 5.28. The van der Waals surface area contributed by atoms with E-state index in [0.29, 0.717) is 5.56 Å². The van der Waals surface area contributed by atoms with Crippen LogP contribution in [0.3, 0.4) is 0 Å². The van der Waals surface area contributed by atoms with Gasteiger partial charge in [0.05, 0.1) is 11.9 Å². The molecule has 2 N–H and O–H groups in total. The van der Waals surface area contributed by atoms with E-state index in [-0.39, 0.29) is 30.6 Å².